The Kier molecular flexibility index (Phi) is 10.8. The third kappa shape index (κ3) is 8.28. The number of benzene rings is 2. The molecule has 2 aromatic carbocycles. The molecule has 15 heteroatoms. The number of fused-ring (bicyclic) bond motifs is 1. The second-order valence-electron chi connectivity index (χ2n) is 13.6. The molecule has 3 aromatic heterocycles. The number of pyridine rings is 1. The highest BCUT2D eigenvalue weighted by Crippen LogP contribution is 2.35. The molecule has 0 saturated carbocycles. The summed E-state index contributed by atoms with van der Waals surface area (Å²) in [6.45, 7) is 11.2. The lowest BCUT2D eigenvalue weighted by molar-refractivity contribution is -0.153. The molecular formula is C37H38ClF3N6O5. The number of halogens is 4. The minimum absolute atomic E-state index is 0.0348. The summed E-state index contributed by atoms with van der Waals surface area (Å²) in [4.78, 5) is 44.7. The maximum absolute atomic E-state index is 14.8. The van der Waals surface area contributed by atoms with Crippen LogP contribution < -0.4 is 10.9 Å². The Bertz CT molecular complexity index is 2160. The average molecular weight is 739 g/mol. The van der Waals surface area contributed by atoms with Gasteiger partial charge in [-0.1, -0.05) is 74.0 Å². The van der Waals surface area contributed by atoms with E-state index in [9.17, 15) is 27.6 Å². The highest BCUT2D eigenvalue weighted by atomic mass is 35.5. The number of carbonyl (C=O) groups excluding carboxylic acids is 2. The molecule has 1 amide bonds. The maximum atomic E-state index is 14.8. The van der Waals surface area contributed by atoms with Gasteiger partial charge in [0, 0.05) is 16.3 Å². The van der Waals surface area contributed by atoms with Gasteiger partial charge in [0.05, 0.1) is 12.1 Å². The normalized spacial score (nSPS) is 13.2. The van der Waals surface area contributed by atoms with Crippen LogP contribution in [0.5, 0.6) is 0 Å². The summed E-state index contributed by atoms with van der Waals surface area (Å²) in [5.74, 6) is -1.16. The van der Waals surface area contributed by atoms with Crippen molar-refractivity contribution in [3.63, 3.8) is 0 Å². The number of alkyl halides is 3. The van der Waals surface area contributed by atoms with Gasteiger partial charge >= 0.3 is 18.2 Å². The molecule has 0 bridgehead atoms. The van der Waals surface area contributed by atoms with Crippen molar-refractivity contribution >= 4 is 29.3 Å². The summed E-state index contributed by atoms with van der Waals surface area (Å²) in [6.07, 6.45) is -6.61. The Morgan fingerprint density at radius 3 is 2.12 bits per heavy atom. The first-order valence-corrected chi connectivity index (χ1v) is 16.8. The van der Waals surface area contributed by atoms with Gasteiger partial charge in [-0.15, -0.1) is 10.2 Å². The van der Waals surface area contributed by atoms with Crippen LogP contribution in [0.3, 0.4) is 0 Å². The van der Waals surface area contributed by atoms with Gasteiger partial charge in [-0.3, -0.25) is 4.79 Å². The number of amides is 1. The van der Waals surface area contributed by atoms with Crippen molar-refractivity contribution in [3.8, 4) is 22.3 Å². The highest BCUT2D eigenvalue weighted by molar-refractivity contribution is 6.30. The summed E-state index contributed by atoms with van der Waals surface area (Å²) in [7, 11) is 0. The highest BCUT2D eigenvalue weighted by Gasteiger charge is 2.34. The standard InChI is InChI=1S/C37H38ClF3N6O5/c1-20(2)30(43-35(50)52-36(5,6)7)34(49)51-22(4)31-44-45-32-28(24-13-16-26(38)17-14-24)29(23-11-9-8-10-12-23)33(48)46(47(31)32)19-25-15-18-27(37(39,40)41)42-21(25)3/h8-18,20,22,30H,19H2,1-7H3,(H,43,50)/t22-,30?/m0/s1. The molecule has 1 N–H and O–H groups in total. The number of hydrogen-bond acceptors (Lipinski definition) is 8. The second-order valence-corrected chi connectivity index (χ2v) is 14.0. The molecule has 3 heterocycles. The molecular weight excluding hydrogens is 701 g/mol. The van der Waals surface area contributed by atoms with Crippen LogP contribution >= 0.6 is 11.6 Å². The fourth-order valence-corrected chi connectivity index (χ4v) is 5.72. The Hall–Kier alpha value is -5.24. The van der Waals surface area contributed by atoms with E-state index in [1.807, 2.05) is 0 Å². The number of hydrogen-bond donors (Lipinski definition) is 1. The lowest BCUT2D eigenvalue weighted by Crippen LogP contribution is -2.47. The molecule has 2 atom stereocenters. The molecule has 0 aliphatic heterocycles. The quantitative estimate of drug-likeness (QED) is 0.152. The van der Waals surface area contributed by atoms with E-state index >= 15 is 0 Å². The van der Waals surface area contributed by atoms with Crippen molar-refractivity contribution in [1.82, 2.24) is 29.7 Å². The first kappa shape index (κ1) is 38.0. The predicted octanol–water partition coefficient (Wildman–Crippen LogP) is 7.80. The average Bonchev–Trinajstić information content (AvgIpc) is 3.50. The van der Waals surface area contributed by atoms with Crippen molar-refractivity contribution in [2.45, 2.75) is 78.9 Å². The minimum Gasteiger partial charge on any atom is -0.453 e. The van der Waals surface area contributed by atoms with E-state index in [1.165, 1.54) is 29.1 Å². The van der Waals surface area contributed by atoms with E-state index < -0.39 is 53.2 Å². The van der Waals surface area contributed by atoms with E-state index in [4.69, 9.17) is 21.1 Å². The molecule has 52 heavy (non-hydrogen) atoms. The largest absolute Gasteiger partial charge is 0.453 e. The van der Waals surface area contributed by atoms with Crippen molar-refractivity contribution in [2.24, 2.45) is 5.92 Å². The second kappa shape index (κ2) is 14.8. The van der Waals surface area contributed by atoms with Crippen LogP contribution in [0.2, 0.25) is 5.02 Å². The Labute approximate surface area is 302 Å². The summed E-state index contributed by atoms with van der Waals surface area (Å²) < 4.78 is 54.4. The van der Waals surface area contributed by atoms with Gasteiger partial charge in [0.2, 0.25) is 0 Å². The van der Waals surface area contributed by atoms with Crippen LogP contribution in [0.15, 0.2) is 71.5 Å². The van der Waals surface area contributed by atoms with Crippen LogP contribution in [0.25, 0.3) is 27.9 Å². The summed E-state index contributed by atoms with van der Waals surface area (Å²) >= 11 is 6.22. The Balaban J connectivity index is 1.70. The zero-order valence-corrected chi connectivity index (χ0v) is 30.3. The molecule has 0 saturated heterocycles. The SMILES string of the molecule is Cc1nc(C(F)(F)F)ccc1Cn1c(=O)c(-c2ccccc2)c(-c2ccc(Cl)cc2)c2nnc([C@H](C)OC(=O)C(NC(=O)OC(C)(C)C)C(C)C)n21. The van der Waals surface area contributed by atoms with E-state index in [0.29, 0.717) is 27.3 Å². The lowest BCUT2D eigenvalue weighted by Gasteiger charge is -2.25. The van der Waals surface area contributed by atoms with Gasteiger partial charge in [-0.25, -0.2) is 23.8 Å². The molecule has 5 rings (SSSR count). The zero-order chi connectivity index (χ0) is 38.1. The van der Waals surface area contributed by atoms with Crippen LogP contribution in [-0.4, -0.2) is 48.1 Å². The number of esters is 1. The molecule has 0 aliphatic rings. The fraction of sp³-hybridized carbons (Fsp3) is 0.351. The molecule has 5 aromatic rings. The number of nitrogens with zero attached hydrogens (tertiary/aromatic N) is 5. The minimum atomic E-state index is -4.67. The molecule has 0 spiro atoms. The number of rotatable bonds is 9. The van der Waals surface area contributed by atoms with E-state index in [0.717, 1.165) is 6.07 Å². The number of nitrogens with one attached hydrogen (secondary N) is 1. The zero-order valence-electron chi connectivity index (χ0n) is 29.6. The number of carbonyl (C=O) groups is 2. The molecule has 274 valence electrons. The van der Waals surface area contributed by atoms with E-state index in [1.54, 1.807) is 89.2 Å². The van der Waals surface area contributed by atoms with Gasteiger partial charge in [0.25, 0.3) is 5.56 Å². The van der Waals surface area contributed by atoms with Crippen molar-refractivity contribution in [3.05, 3.63) is 105 Å². The maximum Gasteiger partial charge on any atom is 0.433 e. The van der Waals surface area contributed by atoms with Gasteiger partial charge in [-0.2, -0.15) is 13.2 Å². The molecule has 1 unspecified atom stereocenters. The van der Waals surface area contributed by atoms with Gasteiger partial charge < -0.3 is 14.8 Å². The third-order valence-corrected chi connectivity index (χ3v) is 8.33. The Morgan fingerprint density at radius 1 is 0.904 bits per heavy atom. The number of alkyl carbamates (subject to hydrolysis) is 1. The molecule has 11 nitrogen and oxygen atoms in total. The van der Waals surface area contributed by atoms with Crippen molar-refractivity contribution in [2.75, 3.05) is 0 Å². The summed E-state index contributed by atoms with van der Waals surface area (Å²) in [6, 6.07) is 16.6. The van der Waals surface area contributed by atoms with Gasteiger partial charge in [0.1, 0.15) is 17.3 Å². The van der Waals surface area contributed by atoms with Crippen LogP contribution in [0.1, 0.15) is 70.4 Å². The summed E-state index contributed by atoms with van der Waals surface area (Å²) in [5.41, 5.74) is -0.0670. The molecule has 0 fully saturated rings. The molecule has 0 aliphatic carbocycles. The van der Waals surface area contributed by atoms with Crippen LogP contribution in [-0.2, 0) is 27.0 Å². The van der Waals surface area contributed by atoms with Crippen molar-refractivity contribution in [1.29, 1.82) is 0 Å². The van der Waals surface area contributed by atoms with Gasteiger partial charge in [0.15, 0.2) is 17.6 Å². The number of aryl methyl sites for hydroxylation is 1. The van der Waals surface area contributed by atoms with Crippen LogP contribution in [0.4, 0.5) is 18.0 Å². The van der Waals surface area contributed by atoms with Crippen LogP contribution in [0, 0.1) is 12.8 Å². The van der Waals surface area contributed by atoms with Gasteiger partial charge in [-0.05, 0) is 75.4 Å². The lowest BCUT2D eigenvalue weighted by atomic mass is 9.96. The first-order chi connectivity index (χ1) is 24.4. The Morgan fingerprint density at radius 2 is 1.54 bits per heavy atom. The first-order valence-electron chi connectivity index (χ1n) is 16.4. The molecule has 0 radical (unpaired) electrons. The number of ether oxygens (including phenoxy) is 2. The smallest absolute Gasteiger partial charge is 0.433 e. The fourth-order valence-electron chi connectivity index (χ4n) is 5.59. The van der Waals surface area contributed by atoms with Crippen molar-refractivity contribution < 1.29 is 32.2 Å². The summed E-state index contributed by atoms with van der Waals surface area (Å²) in [5, 5.41) is 11.9. The number of aromatic nitrogens is 5. The topological polar surface area (TPSA) is 130 Å². The van der Waals surface area contributed by atoms with E-state index in [-0.39, 0.29) is 29.3 Å². The van der Waals surface area contributed by atoms with E-state index in [2.05, 4.69) is 20.5 Å². The predicted molar refractivity (Wildman–Crippen MR) is 189 cm³/mol. The third-order valence-electron chi connectivity index (χ3n) is 8.08. The monoisotopic (exact) mass is 738 g/mol.